The van der Waals surface area contributed by atoms with Gasteiger partial charge >= 0.3 is 0 Å². The van der Waals surface area contributed by atoms with Crippen molar-refractivity contribution in [3.8, 4) is 11.4 Å². The number of nitrogens with zero attached hydrogens (tertiary/aromatic N) is 4. The Balaban J connectivity index is 1.18. The number of furan rings is 1. The molecule has 1 aliphatic rings. The second-order valence-corrected chi connectivity index (χ2v) is 12.8. The van der Waals surface area contributed by atoms with Crippen molar-refractivity contribution in [3.63, 3.8) is 0 Å². The fourth-order valence-electron chi connectivity index (χ4n) is 7.43. The number of rotatable bonds is 4. The SMILES string of the molecule is Cn1c(-c2cccc(C(F)c3cccc(N4c5ccccc5C(C)(C)c5c4ncc4oc6ccccc6c54)c3)c2)nc2ccccc21. The molecule has 1 aliphatic heterocycles. The standard InChI is InChI=1S/C41H31FN4O/c1-41(2)30-17-5-7-19-32(30)46(40-37(41)36-29-16-4-9-21-34(29)47-35(36)24-43-40)28-15-11-13-26(23-28)38(42)25-12-10-14-27(22-25)39-44-31-18-6-8-20-33(31)45(39)3/h4-24,38H,1-3H3. The van der Waals surface area contributed by atoms with E-state index in [1.54, 1.807) is 0 Å². The molecular weight excluding hydrogens is 583 g/mol. The number of pyridine rings is 1. The summed E-state index contributed by atoms with van der Waals surface area (Å²) in [4.78, 5) is 12.0. The number of anilines is 3. The summed E-state index contributed by atoms with van der Waals surface area (Å²) >= 11 is 0. The first kappa shape index (κ1) is 27.6. The lowest BCUT2D eigenvalue weighted by atomic mass is 9.73. The molecule has 228 valence electrons. The van der Waals surface area contributed by atoms with Crippen LogP contribution in [-0.4, -0.2) is 14.5 Å². The molecule has 5 nitrogen and oxygen atoms in total. The van der Waals surface area contributed by atoms with Gasteiger partial charge in [0.25, 0.3) is 0 Å². The van der Waals surface area contributed by atoms with E-state index in [0.717, 1.165) is 67.1 Å². The molecule has 9 rings (SSSR count). The average Bonchev–Trinajstić information content (AvgIpc) is 3.65. The predicted molar refractivity (Wildman–Crippen MR) is 187 cm³/mol. The summed E-state index contributed by atoms with van der Waals surface area (Å²) in [6, 6.07) is 40.0. The van der Waals surface area contributed by atoms with Crippen molar-refractivity contribution in [2.24, 2.45) is 7.05 Å². The molecule has 1 atom stereocenters. The Bertz CT molecular complexity index is 2510. The van der Waals surface area contributed by atoms with Crippen molar-refractivity contribution in [2.45, 2.75) is 25.4 Å². The van der Waals surface area contributed by atoms with Gasteiger partial charge in [-0.1, -0.05) is 92.7 Å². The largest absolute Gasteiger partial charge is 0.454 e. The van der Waals surface area contributed by atoms with Gasteiger partial charge in [-0.25, -0.2) is 14.4 Å². The molecule has 0 aliphatic carbocycles. The summed E-state index contributed by atoms with van der Waals surface area (Å²) in [6.45, 7) is 4.49. The molecule has 8 aromatic rings. The number of fused-ring (bicyclic) bond motifs is 7. The molecule has 0 saturated heterocycles. The Labute approximate surface area is 271 Å². The molecule has 3 aromatic heterocycles. The first-order valence-corrected chi connectivity index (χ1v) is 15.9. The average molecular weight is 615 g/mol. The smallest absolute Gasteiger partial charge is 0.154 e. The van der Waals surface area contributed by atoms with Crippen LogP contribution in [0.15, 0.2) is 132 Å². The Morgan fingerprint density at radius 3 is 2.38 bits per heavy atom. The summed E-state index contributed by atoms with van der Waals surface area (Å²) < 4.78 is 24.9. The Morgan fingerprint density at radius 1 is 0.766 bits per heavy atom. The van der Waals surface area contributed by atoms with Gasteiger partial charge in [-0.2, -0.15) is 0 Å². The Kier molecular flexibility index (Phi) is 5.94. The van der Waals surface area contributed by atoms with E-state index in [0.29, 0.717) is 11.1 Å². The summed E-state index contributed by atoms with van der Waals surface area (Å²) in [5.41, 5.74) is 9.36. The normalized spacial score (nSPS) is 14.4. The van der Waals surface area contributed by atoms with E-state index in [1.807, 2.05) is 110 Å². The molecule has 47 heavy (non-hydrogen) atoms. The van der Waals surface area contributed by atoms with Gasteiger partial charge in [0.1, 0.15) is 17.2 Å². The van der Waals surface area contributed by atoms with E-state index >= 15 is 4.39 Å². The van der Waals surface area contributed by atoms with Crippen LogP contribution in [0.5, 0.6) is 0 Å². The van der Waals surface area contributed by atoms with Gasteiger partial charge in [0, 0.05) is 40.0 Å². The first-order chi connectivity index (χ1) is 22.9. The highest BCUT2D eigenvalue weighted by Gasteiger charge is 2.40. The van der Waals surface area contributed by atoms with Crippen LogP contribution in [0.3, 0.4) is 0 Å². The van der Waals surface area contributed by atoms with Crippen LogP contribution < -0.4 is 4.90 Å². The van der Waals surface area contributed by atoms with Gasteiger partial charge in [-0.15, -0.1) is 0 Å². The maximum atomic E-state index is 16.6. The lowest BCUT2D eigenvalue weighted by Crippen LogP contribution is -2.31. The minimum Gasteiger partial charge on any atom is -0.454 e. The van der Waals surface area contributed by atoms with E-state index in [9.17, 15) is 0 Å². The van der Waals surface area contributed by atoms with Crippen molar-refractivity contribution >= 4 is 50.2 Å². The number of hydrogen-bond donors (Lipinski definition) is 0. The van der Waals surface area contributed by atoms with Crippen LogP contribution in [-0.2, 0) is 12.5 Å². The van der Waals surface area contributed by atoms with Crippen LogP contribution in [0.2, 0.25) is 0 Å². The molecule has 0 radical (unpaired) electrons. The van der Waals surface area contributed by atoms with Crippen LogP contribution >= 0.6 is 0 Å². The molecule has 5 aromatic carbocycles. The lowest BCUT2D eigenvalue weighted by molar-refractivity contribution is 0.402. The third-order valence-electron chi connectivity index (χ3n) is 9.70. The van der Waals surface area contributed by atoms with E-state index < -0.39 is 6.17 Å². The number of hydrogen-bond acceptors (Lipinski definition) is 4. The number of aryl methyl sites for hydroxylation is 1. The van der Waals surface area contributed by atoms with E-state index in [1.165, 1.54) is 5.56 Å². The summed E-state index contributed by atoms with van der Waals surface area (Å²) in [7, 11) is 2.00. The minimum absolute atomic E-state index is 0.363. The minimum atomic E-state index is -1.34. The highest BCUT2D eigenvalue weighted by molar-refractivity contribution is 6.10. The molecule has 6 heteroatoms. The fourth-order valence-corrected chi connectivity index (χ4v) is 7.43. The molecule has 0 N–H and O–H groups in total. The molecule has 0 bridgehead atoms. The van der Waals surface area contributed by atoms with Crippen molar-refractivity contribution in [2.75, 3.05) is 4.90 Å². The van der Waals surface area contributed by atoms with Crippen LogP contribution in [0, 0.1) is 0 Å². The molecule has 0 saturated carbocycles. The second-order valence-electron chi connectivity index (χ2n) is 12.8. The number of halogens is 1. The van der Waals surface area contributed by atoms with Crippen molar-refractivity contribution < 1.29 is 8.81 Å². The first-order valence-electron chi connectivity index (χ1n) is 15.9. The monoisotopic (exact) mass is 614 g/mol. The van der Waals surface area contributed by atoms with E-state index in [4.69, 9.17) is 14.4 Å². The Hall–Kier alpha value is -5.75. The zero-order valence-electron chi connectivity index (χ0n) is 26.3. The zero-order chi connectivity index (χ0) is 31.9. The van der Waals surface area contributed by atoms with E-state index in [2.05, 4.69) is 47.6 Å². The maximum absolute atomic E-state index is 16.6. The van der Waals surface area contributed by atoms with Gasteiger partial charge < -0.3 is 8.98 Å². The zero-order valence-corrected chi connectivity index (χ0v) is 26.3. The van der Waals surface area contributed by atoms with Gasteiger partial charge in [0.2, 0.25) is 0 Å². The molecule has 0 amide bonds. The lowest BCUT2D eigenvalue weighted by Gasteiger charge is -2.41. The number of para-hydroxylation sites is 4. The highest BCUT2D eigenvalue weighted by atomic mass is 19.1. The third kappa shape index (κ3) is 4.07. The number of alkyl halides is 1. The molecule has 0 spiro atoms. The van der Waals surface area contributed by atoms with Crippen molar-refractivity contribution in [1.82, 2.24) is 14.5 Å². The van der Waals surface area contributed by atoms with Gasteiger partial charge in [0.15, 0.2) is 11.8 Å². The second kappa shape index (κ2) is 10.1. The number of aromatic nitrogens is 3. The van der Waals surface area contributed by atoms with Crippen molar-refractivity contribution in [1.29, 1.82) is 0 Å². The topological polar surface area (TPSA) is 47.1 Å². The summed E-state index contributed by atoms with van der Waals surface area (Å²) in [5, 5.41) is 2.13. The predicted octanol–water partition coefficient (Wildman–Crippen LogP) is 10.7. The van der Waals surface area contributed by atoms with Crippen LogP contribution in [0.1, 0.15) is 42.3 Å². The third-order valence-corrected chi connectivity index (χ3v) is 9.70. The van der Waals surface area contributed by atoms with Crippen LogP contribution in [0.25, 0.3) is 44.4 Å². The van der Waals surface area contributed by atoms with Gasteiger partial charge in [0.05, 0.1) is 22.9 Å². The van der Waals surface area contributed by atoms with Gasteiger partial charge in [-0.3, -0.25) is 4.90 Å². The van der Waals surface area contributed by atoms with Crippen LogP contribution in [0.4, 0.5) is 21.6 Å². The maximum Gasteiger partial charge on any atom is 0.154 e. The Morgan fingerprint density at radius 2 is 1.51 bits per heavy atom. The fraction of sp³-hybridized carbons (Fsp3) is 0.122. The summed E-state index contributed by atoms with van der Waals surface area (Å²) in [6.07, 6.45) is 0.480. The number of imidazole rings is 1. The number of benzene rings is 5. The van der Waals surface area contributed by atoms with Crippen molar-refractivity contribution in [3.05, 3.63) is 150 Å². The van der Waals surface area contributed by atoms with Gasteiger partial charge in [-0.05, 0) is 59.2 Å². The quantitative estimate of drug-likeness (QED) is 0.198. The molecule has 4 heterocycles. The molecule has 0 fully saturated rings. The highest BCUT2D eigenvalue weighted by Crippen LogP contribution is 2.54. The molecular formula is C41H31FN4O. The summed E-state index contributed by atoms with van der Waals surface area (Å²) in [5.74, 6) is 1.63. The van der Waals surface area contributed by atoms with E-state index in [-0.39, 0.29) is 5.41 Å². The molecule has 1 unspecified atom stereocenters.